The average molecular weight is 558 g/mol. The summed E-state index contributed by atoms with van der Waals surface area (Å²) in [5, 5.41) is 24.5. The molecule has 0 spiro atoms. The van der Waals surface area contributed by atoms with Crippen molar-refractivity contribution in [1.29, 1.82) is 0 Å². The highest BCUT2D eigenvalue weighted by atomic mass is 79.9. The zero-order chi connectivity index (χ0) is 23.1. The fraction of sp³-hybridized carbons (Fsp3) is 0.333. The Morgan fingerprint density at radius 2 is 1.65 bits per heavy atom. The molecule has 2 aromatic rings. The first kappa shape index (κ1) is 25.5. The molecule has 31 heavy (non-hydrogen) atoms. The molecule has 0 saturated carbocycles. The SMILES string of the molecule is CC(C)C[C@H](NC(=O)[C@H](Cc1ccccc1)NC(=O)c1c(Br)ccc(Br)c1F)B(O)O. The van der Waals surface area contributed by atoms with Gasteiger partial charge in [0, 0.05) is 10.9 Å². The van der Waals surface area contributed by atoms with E-state index in [2.05, 4.69) is 42.5 Å². The van der Waals surface area contributed by atoms with Gasteiger partial charge >= 0.3 is 7.12 Å². The number of carbonyl (C=O) groups excluding carboxylic acids is 2. The van der Waals surface area contributed by atoms with Crippen LogP contribution in [0.1, 0.15) is 36.2 Å². The van der Waals surface area contributed by atoms with Crippen LogP contribution in [0.4, 0.5) is 4.39 Å². The summed E-state index contributed by atoms with van der Waals surface area (Å²) in [6, 6.07) is 11.0. The van der Waals surface area contributed by atoms with Crippen LogP contribution in [0, 0.1) is 11.7 Å². The van der Waals surface area contributed by atoms with Gasteiger partial charge in [0.25, 0.3) is 5.91 Å². The molecule has 10 heteroatoms. The van der Waals surface area contributed by atoms with Crippen molar-refractivity contribution in [3.63, 3.8) is 0 Å². The van der Waals surface area contributed by atoms with Crippen LogP contribution in [0.3, 0.4) is 0 Å². The Bertz CT molecular complexity index is 916. The molecule has 0 unspecified atom stereocenters. The van der Waals surface area contributed by atoms with Gasteiger partial charge in [0.2, 0.25) is 5.91 Å². The number of hydrogen-bond acceptors (Lipinski definition) is 4. The molecule has 0 saturated heterocycles. The summed E-state index contributed by atoms with van der Waals surface area (Å²) >= 11 is 6.23. The summed E-state index contributed by atoms with van der Waals surface area (Å²) in [5.41, 5.74) is 0.544. The minimum Gasteiger partial charge on any atom is -0.426 e. The van der Waals surface area contributed by atoms with Crippen LogP contribution < -0.4 is 10.6 Å². The first-order chi connectivity index (χ1) is 14.6. The number of carbonyl (C=O) groups is 2. The van der Waals surface area contributed by atoms with Crippen LogP contribution >= 0.6 is 31.9 Å². The standard InChI is InChI=1S/C21H24BBr2FN2O4/c1-12(2)10-17(22(30)31)27-20(28)16(11-13-6-4-3-5-7-13)26-21(29)18-14(23)8-9-15(24)19(18)25/h3-9,12,16-17,30-31H,10-11H2,1-2H3,(H,26,29)(H,27,28)/t16-,17-/m0/s1. The number of halogens is 3. The largest absolute Gasteiger partial charge is 0.475 e. The Balaban J connectivity index is 2.29. The summed E-state index contributed by atoms with van der Waals surface area (Å²) in [6.07, 6.45) is 0.475. The lowest BCUT2D eigenvalue weighted by molar-refractivity contribution is -0.123. The van der Waals surface area contributed by atoms with Gasteiger partial charge in [0.1, 0.15) is 6.04 Å². The molecule has 0 aromatic heterocycles. The van der Waals surface area contributed by atoms with Gasteiger partial charge in [0.05, 0.1) is 16.0 Å². The topological polar surface area (TPSA) is 98.7 Å². The third-order valence-electron chi connectivity index (χ3n) is 4.59. The van der Waals surface area contributed by atoms with Crippen LogP contribution in [-0.2, 0) is 11.2 Å². The van der Waals surface area contributed by atoms with E-state index in [-0.39, 0.29) is 26.8 Å². The van der Waals surface area contributed by atoms with Gasteiger partial charge < -0.3 is 20.7 Å². The lowest BCUT2D eigenvalue weighted by Gasteiger charge is -2.24. The van der Waals surface area contributed by atoms with E-state index in [1.165, 1.54) is 12.1 Å². The predicted molar refractivity (Wildman–Crippen MR) is 125 cm³/mol. The second-order valence-electron chi connectivity index (χ2n) is 7.59. The van der Waals surface area contributed by atoms with Gasteiger partial charge in [0.15, 0.2) is 5.82 Å². The van der Waals surface area contributed by atoms with Gasteiger partial charge in [-0.2, -0.15) is 0 Å². The van der Waals surface area contributed by atoms with Crippen LogP contribution in [0.25, 0.3) is 0 Å². The van der Waals surface area contributed by atoms with Crippen LogP contribution in [-0.4, -0.2) is 41.0 Å². The van der Waals surface area contributed by atoms with Crippen molar-refractivity contribution in [2.24, 2.45) is 5.92 Å². The smallest absolute Gasteiger partial charge is 0.426 e. The van der Waals surface area contributed by atoms with Gasteiger partial charge in [-0.1, -0.05) is 44.2 Å². The van der Waals surface area contributed by atoms with Crippen molar-refractivity contribution in [3.05, 3.63) is 68.4 Å². The zero-order valence-electron chi connectivity index (χ0n) is 17.1. The highest BCUT2D eigenvalue weighted by Gasteiger charge is 2.31. The molecule has 0 radical (unpaired) electrons. The normalized spacial score (nSPS) is 12.9. The molecular weight excluding hydrogens is 534 g/mol. The lowest BCUT2D eigenvalue weighted by atomic mass is 9.75. The van der Waals surface area contributed by atoms with Crippen LogP contribution in [0.5, 0.6) is 0 Å². The highest BCUT2D eigenvalue weighted by Crippen LogP contribution is 2.26. The van der Waals surface area contributed by atoms with Gasteiger partial charge in [-0.3, -0.25) is 9.59 Å². The number of hydrogen-bond donors (Lipinski definition) is 4. The molecule has 4 N–H and O–H groups in total. The number of nitrogens with one attached hydrogen (secondary N) is 2. The van der Waals surface area contributed by atoms with Crippen molar-refractivity contribution in [1.82, 2.24) is 10.6 Å². The van der Waals surface area contributed by atoms with E-state index in [1.807, 2.05) is 19.9 Å². The number of rotatable bonds is 9. The Kier molecular flexibility index (Phi) is 9.68. The second kappa shape index (κ2) is 11.8. The Hall–Kier alpha value is -1.75. The monoisotopic (exact) mass is 556 g/mol. The highest BCUT2D eigenvalue weighted by molar-refractivity contribution is 9.11. The zero-order valence-corrected chi connectivity index (χ0v) is 20.3. The van der Waals surface area contributed by atoms with E-state index in [1.54, 1.807) is 24.3 Å². The molecular formula is C21H24BBr2FN2O4. The summed E-state index contributed by atoms with van der Waals surface area (Å²) in [5.74, 6) is -2.93. The van der Waals surface area contributed by atoms with Gasteiger partial charge in [-0.25, -0.2) is 4.39 Å². The predicted octanol–water partition coefficient (Wildman–Crippen LogP) is 3.23. The quantitative estimate of drug-likeness (QED) is 0.281. The van der Waals surface area contributed by atoms with E-state index < -0.39 is 36.7 Å². The molecule has 2 rings (SSSR count). The van der Waals surface area contributed by atoms with Crippen molar-refractivity contribution in [3.8, 4) is 0 Å². The fourth-order valence-electron chi connectivity index (χ4n) is 3.07. The van der Waals surface area contributed by atoms with Gasteiger partial charge in [-0.15, -0.1) is 0 Å². The molecule has 166 valence electrons. The van der Waals surface area contributed by atoms with Crippen molar-refractivity contribution >= 4 is 50.8 Å². The minimum absolute atomic E-state index is 0.0981. The van der Waals surface area contributed by atoms with Crippen molar-refractivity contribution in [2.45, 2.75) is 38.7 Å². The van der Waals surface area contributed by atoms with E-state index in [0.29, 0.717) is 6.42 Å². The number of amides is 2. The van der Waals surface area contributed by atoms with Crippen LogP contribution in [0.15, 0.2) is 51.4 Å². The molecule has 0 aliphatic carbocycles. The molecule has 0 fully saturated rings. The van der Waals surface area contributed by atoms with Crippen molar-refractivity contribution in [2.75, 3.05) is 0 Å². The summed E-state index contributed by atoms with van der Waals surface area (Å²) in [7, 11) is -1.75. The van der Waals surface area contributed by atoms with Crippen molar-refractivity contribution < 1.29 is 24.0 Å². The maximum atomic E-state index is 14.5. The molecule has 0 heterocycles. The Morgan fingerprint density at radius 3 is 2.23 bits per heavy atom. The van der Waals surface area contributed by atoms with E-state index >= 15 is 0 Å². The Labute approximate surface area is 198 Å². The summed E-state index contributed by atoms with van der Waals surface area (Å²) in [6.45, 7) is 3.77. The lowest BCUT2D eigenvalue weighted by Crippen LogP contribution is -2.55. The maximum Gasteiger partial charge on any atom is 0.475 e. The molecule has 0 aliphatic rings. The van der Waals surface area contributed by atoms with Gasteiger partial charge in [-0.05, 0) is 61.9 Å². The van der Waals surface area contributed by atoms with E-state index in [4.69, 9.17) is 0 Å². The molecule has 0 bridgehead atoms. The first-order valence-electron chi connectivity index (χ1n) is 9.75. The number of benzene rings is 2. The molecule has 0 aliphatic heterocycles. The molecule has 6 nitrogen and oxygen atoms in total. The molecule has 2 atom stereocenters. The molecule has 2 amide bonds. The third-order valence-corrected chi connectivity index (χ3v) is 5.86. The van der Waals surface area contributed by atoms with Crippen LogP contribution in [0.2, 0.25) is 0 Å². The van der Waals surface area contributed by atoms with E-state index in [9.17, 15) is 24.0 Å². The first-order valence-corrected chi connectivity index (χ1v) is 11.3. The van der Waals surface area contributed by atoms with E-state index in [0.717, 1.165) is 5.56 Å². The third kappa shape index (κ3) is 7.41. The Morgan fingerprint density at radius 1 is 1.03 bits per heavy atom. The summed E-state index contributed by atoms with van der Waals surface area (Å²) in [4.78, 5) is 25.8. The maximum absolute atomic E-state index is 14.5. The summed E-state index contributed by atoms with van der Waals surface area (Å²) < 4.78 is 14.9. The second-order valence-corrected chi connectivity index (χ2v) is 9.30. The average Bonchev–Trinajstić information content (AvgIpc) is 2.70. The minimum atomic E-state index is -1.75. The fourth-order valence-corrected chi connectivity index (χ4v) is 3.89. The molecule has 2 aromatic carbocycles.